The summed E-state index contributed by atoms with van der Waals surface area (Å²) in [6.07, 6.45) is 8.15. The minimum absolute atomic E-state index is 0.00944. The van der Waals surface area contributed by atoms with Gasteiger partial charge in [-0.15, -0.1) is 0 Å². The Balaban J connectivity index is 1.28. The van der Waals surface area contributed by atoms with Crippen LogP contribution in [0.15, 0.2) is 36.7 Å². The molecule has 0 N–H and O–H groups in total. The molecule has 7 heteroatoms. The molecule has 1 aromatic heterocycles. The summed E-state index contributed by atoms with van der Waals surface area (Å²) in [5, 5.41) is 0. The maximum atomic E-state index is 13.4. The van der Waals surface area contributed by atoms with E-state index < -0.39 is 17.4 Å². The smallest absolute Gasteiger partial charge is 0.230 e. The first-order valence-electron chi connectivity index (χ1n) is 10.4. The standard InChI is InChI=1S/C22H25N3O4/c1-2-24-13-22-8-5-16(29-22)17(18(22)21(24)28)20(27)25-10-6-14(7-11-25)19(26)15-4-3-9-23-12-15/h3-5,8-9,12,14,16-18H,2,6-7,10-11,13H2,1H3/t16-,17-,18-,22-/m1/s1. The van der Waals surface area contributed by atoms with Gasteiger partial charge in [-0.25, -0.2) is 0 Å². The third-order valence-electron chi connectivity index (χ3n) is 6.97. The first kappa shape index (κ1) is 18.5. The van der Waals surface area contributed by atoms with Gasteiger partial charge in [0.05, 0.1) is 24.5 Å². The van der Waals surface area contributed by atoms with Gasteiger partial charge in [0, 0.05) is 43.5 Å². The molecule has 0 aliphatic carbocycles. The average Bonchev–Trinajstić information content (AvgIpc) is 3.41. The van der Waals surface area contributed by atoms with Crippen molar-refractivity contribution in [3.63, 3.8) is 0 Å². The highest BCUT2D eigenvalue weighted by molar-refractivity contribution is 5.98. The highest BCUT2D eigenvalue weighted by Crippen LogP contribution is 2.52. The number of nitrogens with zero attached hydrogens (tertiary/aromatic N) is 3. The number of carbonyl (C=O) groups excluding carboxylic acids is 3. The Morgan fingerprint density at radius 2 is 2.10 bits per heavy atom. The molecule has 4 aliphatic rings. The van der Waals surface area contributed by atoms with Crippen molar-refractivity contribution in [1.82, 2.24) is 14.8 Å². The SMILES string of the molecule is CCN1C[C@@]23C=C[C@@H](O2)[C@@H](C(=O)N2CCC(C(=O)c4cccnc4)CC2)[C@@H]3C1=O. The number of likely N-dealkylation sites (tertiary alicyclic amines) is 2. The van der Waals surface area contributed by atoms with E-state index in [1.165, 1.54) is 0 Å². The third-order valence-corrected chi connectivity index (χ3v) is 6.97. The van der Waals surface area contributed by atoms with Gasteiger partial charge in [-0.3, -0.25) is 19.4 Å². The maximum absolute atomic E-state index is 13.4. The molecule has 1 spiro atoms. The highest BCUT2D eigenvalue weighted by Gasteiger charge is 2.67. The van der Waals surface area contributed by atoms with Gasteiger partial charge in [0.25, 0.3) is 0 Å². The van der Waals surface area contributed by atoms with E-state index in [0.29, 0.717) is 44.6 Å². The second-order valence-corrected chi connectivity index (χ2v) is 8.46. The molecule has 2 amide bonds. The van der Waals surface area contributed by atoms with Crippen molar-refractivity contribution in [2.45, 2.75) is 31.5 Å². The number of hydrogen-bond donors (Lipinski definition) is 0. The number of carbonyl (C=O) groups is 3. The van der Waals surface area contributed by atoms with E-state index in [2.05, 4.69) is 4.98 Å². The molecule has 5 heterocycles. The topological polar surface area (TPSA) is 79.8 Å². The lowest BCUT2D eigenvalue weighted by molar-refractivity contribution is -0.144. The number of fused-ring (bicyclic) bond motifs is 1. The maximum Gasteiger partial charge on any atom is 0.230 e. The number of pyridine rings is 1. The van der Waals surface area contributed by atoms with Gasteiger partial charge in [-0.2, -0.15) is 0 Å². The summed E-state index contributed by atoms with van der Waals surface area (Å²) in [7, 11) is 0. The van der Waals surface area contributed by atoms with Gasteiger partial charge in [0.15, 0.2) is 5.78 Å². The van der Waals surface area contributed by atoms with Gasteiger partial charge in [-0.1, -0.05) is 12.2 Å². The van der Waals surface area contributed by atoms with Crippen molar-refractivity contribution in [2.24, 2.45) is 17.8 Å². The number of amides is 2. The van der Waals surface area contributed by atoms with Gasteiger partial charge >= 0.3 is 0 Å². The zero-order valence-electron chi connectivity index (χ0n) is 16.5. The van der Waals surface area contributed by atoms with Crippen LogP contribution in [-0.4, -0.2) is 70.3 Å². The summed E-state index contributed by atoms with van der Waals surface area (Å²) in [6, 6.07) is 3.55. The van der Waals surface area contributed by atoms with E-state index >= 15 is 0 Å². The summed E-state index contributed by atoms with van der Waals surface area (Å²) < 4.78 is 6.15. The summed E-state index contributed by atoms with van der Waals surface area (Å²) in [6.45, 7) is 4.18. The minimum Gasteiger partial charge on any atom is -0.360 e. The monoisotopic (exact) mass is 395 g/mol. The molecular formula is C22H25N3O4. The molecule has 4 atom stereocenters. The summed E-state index contributed by atoms with van der Waals surface area (Å²) in [4.78, 5) is 46.6. The van der Waals surface area contributed by atoms with Crippen LogP contribution in [0.25, 0.3) is 0 Å². The van der Waals surface area contributed by atoms with Crippen molar-refractivity contribution in [1.29, 1.82) is 0 Å². The van der Waals surface area contributed by atoms with E-state index in [9.17, 15) is 14.4 Å². The van der Waals surface area contributed by atoms with Gasteiger partial charge in [-0.05, 0) is 31.9 Å². The molecule has 0 radical (unpaired) electrons. The van der Waals surface area contributed by atoms with E-state index in [4.69, 9.17) is 4.74 Å². The number of Topliss-reactive ketones (excluding diaryl/α,β-unsaturated/α-hetero) is 1. The Morgan fingerprint density at radius 1 is 1.31 bits per heavy atom. The lowest BCUT2D eigenvalue weighted by atomic mass is 9.76. The quantitative estimate of drug-likeness (QED) is 0.567. The molecule has 3 fully saturated rings. The number of ketones is 1. The van der Waals surface area contributed by atoms with Crippen LogP contribution < -0.4 is 0 Å². The van der Waals surface area contributed by atoms with Crippen LogP contribution in [-0.2, 0) is 14.3 Å². The first-order chi connectivity index (χ1) is 14.0. The predicted molar refractivity (Wildman–Crippen MR) is 104 cm³/mol. The average molecular weight is 395 g/mol. The second-order valence-electron chi connectivity index (χ2n) is 8.46. The number of piperidine rings is 1. The van der Waals surface area contributed by atoms with Crippen LogP contribution in [0, 0.1) is 17.8 Å². The molecule has 4 aliphatic heterocycles. The Labute approximate surface area is 169 Å². The minimum atomic E-state index is -0.632. The first-order valence-corrected chi connectivity index (χ1v) is 10.4. The van der Waals surface area contributed by atoms with Gasteiger partial charge < -0.3 is 14.5 Å². The van der Waals surface area contributed by atoms with Crippen LogP contribution in [0.2, 0.25) is 0 Å². The van der Waals surface area contributed by atoms with Crippen molar-refractivity contribution < 1.29 is 19.1 Å². The van der Waals surface area contributed by atoms with Crippen LogP contribution in [0.1, 0.15) is 30.1 Å². The molecular weight excluding hydrogens is 370 g/mol. The van der Waals surface area contributed by atoms with Gasteiger partial charge in [0.2, 0.25) is 11.8 Å². The Bertz CT molecular complexity index is 877. The second kappa shape index (κ2) is 6.76. The lowest BCUT2D eigenvalue weighted by Crippen LogP contribution is -2.49. The zero-order valence-corrected chi connectivity index (χ0v) is 16.5. The molecule has 2 bridgehead atoms. The highest BCUT2D eigenvalue weighted by atomic mass is 16.5. The number of ether oxygens (including phenoxy) is 1. The fraction of sp³-hybridized carbons (Fsp3) is 0.545. The number of aromatic nitrogens is 1. The fourth-order valence-electron chi connectivity index (χ4n) is 5.44. The Kier molecular flexibility index (Phi) is 4.31. The summed E-state index contributed by atoms with van der Waals surface area (Å²) >= 11 is 0. The fourth-order valence-corrected chi connectivity index (χ4v) is 5.44. The normalized spacial score (nSPS) is 33.4. The molecule has 152 valence electrons. The van der Waals surface area contributed by atoms with Crippen LogP contribution in [0.3, 0.4) is 0 Å². The van der Waals surface area contributed by atoms with Crippen LogP contribution in [0.5, 0.6) is 0 Å². The molecule has 1 aromatic rings. The largest absolute Gasteiger partial charge is 0.360 e. The molecule has 0 aromatic carbocycles. The molecule has 0 saturated carbocycles. The van der Waals surface area contributed by atoms with E-state index in [-0.39, 0.29) is 29.6 Å². The number of likely N-dealkylation sites (N-methyl/N-ethyl adjacent to an activating group) is 1. The molecule has 3 saturated heterocycles. The number of rotatable bonds is 4. The molecule has 0 unspecified atom stereocenters. The predicted octanol–water partition coefficient (Wildman–Crippen LogP) is 1.30. The Hall–Kier alpha value is -2.54. The summed E-state index contributed by atoms with van der Waals surface area (Å²) in [5.74, 6) is -0.840. The van der Waals surface area contributed by atoms with E-state index in [1.807, 2.05) is 24.0 Å². The van der Waals surface area contributed by atoms with Crippen LogP contribution in [0.4, 0.5) is 0 Å². The number of hydrogen-bond acceptors (Lipinski definition) is 5. The zero-order chi connectivity index (χ0) is 20.2. The van der Waals surface area contributed by atoms with Crippen molar-refractivity contribution >= 4 is 17.6 Å². The van der Waals surface area contributed by atoms with Gasteiger partial charge in [0.1, 0.15) is 5.60 Å². The summed E-state index contributed by atoms with van der Waals surface area (Å²) in [5.41, 5.74) is -0.00534. The molecule has 5 rings (SSSR count). The third kappa shape index (κ3) is 2.74. The van der Waals surface area contributed by atoms with E-state index in [1.54, 1.807) is 29.4 Å². The van der Waals surface area contributed by atoms with E-state index in [0.717, 1.165) is 0 Å². The molecule has 7 nitrogen and oxygen atoms in total. The van der Waals surface area contributed by atoms with Crippen molar-refractivity contribution in [2.75, 3.05) is 26.2 Å². The lowest BCUT2D eigenvalue weighted by Gasteiger charge is -2.35. The van der Waals surface area contributed by atoms with Crippen LogP contribution >= 0.6 is 0 Å². The molecule has 29 heavy (non-hydrogen) atoms. The van der Waals surface area contributed by atoms with Crippen molar-refractivity contribution in [3.8, 4) is 0 Å². The van der Waals surface area contributed by atoms with Crippen molar-refractivity contribution in [3.05, 3.63) is 42.2 Å². The Morgan fingerprint density at radius 3 is 2.79 bits per heavy atom.